The van der Waals surface area contributed by atoms with E-state index in [0.29, 0.717) is 12.0 Å². The lowest BCUT2D eigenvalue weighted by atomic mass is 10.1. The van der Waals surface area contributed by atoms with Gasteiger partial charge in [0.15, 0.2) is 0 Å². The molecule has 1 aromatic carbocycles. The average Bonchev–Trinajstić information content (AvgIpc) is 2.36. The van der Waals surface area contributed by atoms with Gasteiger partial charge in [-0.1, -0.05) is 32.9 Å². The Balaban J connectivity index is 2.76. The molecule has 1 rings (SSSR count). The van der Waals surface area contributed by atoms with E-state index in [1.54, 1.807) is 0 Å². The molecule has 2 nitrogen and oxygen atoms in total. The standard InChI is InChI=1S/C18H32N2/c1-7-10-20(15(4)5)18-9-8-17(11-16(18)6)13-19-12-14(2)3/h8-9,11,14-15,19H,7,10,12-13H2,1-6H3. The van der Waals surface area contributed by atoms with E-state index < -0.39 is 0 Å². The highest BCUT2D eigenvalue weighted by Gasteiger charge is 2.12. The maximum atomic E-state index is 3.51. The molecule has 2 heteroatoms. The number of hydrogen-bond acceptors (Lipinski definition) is 2. The largest absolute Gasteiger partial charge is 0.369 e. The van der Waals surface area contributed by atoms with E-state index >= 15 is 0 Å². The van der Waals surface area contributed by atoms with Gasteiger partial charge in [-0.05, 0) is 56.8 Å². The third kappa shape index (κ3) is 5.16. The first kappa shape index (κ1) is 17.0. The molecule has 0 amide bonds. The van der Waals surface area contributed by atoms with Gasteiger partial charge >= 0.3 is 0 Å². The number of benzene rings is 1. The number of anilines is 1. The summed E-state index contributed by atoms with van der Waals surface area (Å²) in [5.41, 5.74) is 4.15. The van der Waals surface area contributed by atoms with Crippen LogP contribution >= 0.6 is 0 Å². The first-order chi connectivity index (χ1) is 9.45. The van der Waals surface area contributed by atoms with Crippen LogP contribution in [0.15, 0.2) is 18.2 Å². The lowest BCUT2D eigenvalue weighted by Crippen LogP contribution is -2.32. The molecular weight excluding hydrogens is 244 g/mol. The number of rotatable bonds is 8. The Morgan fingerprint density at radius 2 is 1.85 bits per heavy atom. The molecule has 0 aliphatic heterocycles. The molecule has 0 unspecified atom stereocenters. The summed E-state index contributed by atoms with van der Waals surface area (Å²) in [4.78, 5) is 2.50. The SMILES string of the molecule is CCCN(c1ccc(CNCC(C)C)cc1C)C(C)C. The van der Waals surface area contributed by atoms with Gasteiger partial charge in [-0.3, -0.25) is 0 Å². The van der Waals surface area contributed by atoms with Crippen LogP contribution in [0.25, 0.3) is 0 Å². The summed E-state index contributed by atoms with van der Waals surface area (Å²) < 4.78 is 0. The Labute approximate surface area is 125 Å². The van der Waals surface area contributed by atoms with Crippen LogP contribution in [0.4, 0.5) is 5.69 Å². The third-order valence-corrected chi connectivity index (χ3v) is 3.54. The third-order valence-electron chi connectivity index (χ3n) is 3.54. The quantitative estimate of drug-likeness (QED) is 0.758. The lowest BCUT2D eigenvalue weighted by Gasteiger charge is -2.30. The average molecular weight is 276 g/mol. The van der Waals surface area contributed by atoms with Gasteiger partial charge in [0.05, 0.1) is 0 Å². The Hall–Kier alpha value is -1.02. The maximum absolute atomic E-state index is 3.51. The van der Waals surface area contributed by atoms with Crippen LogP contribution in [0.3, 0.4) is 0 Å². The highest BCUT2D eigenvalue weighted by atomic mass is 15.1. The summed E-state index contributed by atoms with van der Waals surface area (Å²) in [5.74, 6) is 0.705. The summed E-state index contributed by atoms with van der Waals surface area (Å²) in [6.07, 6.45) is 1.19. The maximum Gasteiger partial charge on any atom is 0.0398 e. The molecule has 0 aliphatic rings. The van der Waals surface area contributed by atoms with Crippen LogP contribution < -0.4 is 10.2 Å². The Morgan fingerprint density at radius 3 is 2.35 bits per heavy atom. The molecule has 0 bridgehead atoms. The van der Waals surface area contributed by atoms with Crippen molar-refractivity contribution in [1.82, 2.24) is 5.32 Å². The van der Waals surface area contributed by atoms with Crippen molar-refractivity contribution in [2.45, 2.75) is 60.5 Å². The molecule has 0 heterocycles. The second-order valence-corrected chi connectivity index (χ2v) is 6.43. The number of nitrogens with zero attached hydrogens (tertiary/aromatic N) is 1. The molecular formula is C18H32N2. The molecule has 114 valence electrons. The Bertz CT molecular complexity index is 396. The van der Waals surface area contributed by atoms with Crippen LogP contribution in [-0.4, -0.2) is 19.1 Å². The zero-order valence-electron chi connectivity index (χ0n) is 14.2. The second kappa shape index (κ2) is 8.31. The van der Waals surface area contributed by atoms with Crippen LogP contribution in [0.1, 0.15) is 52.2 Å². The highest BCUT2D eigenvalue weighted by molar-refractivity contribution is 5.55. The molecule has 20 heavy (non-hydrogen) atoms. The van der Waals surface area contributed by atoms with Crippen molar-refractivity contribution in [1.29, 1.82) is 0 Å². The zero-order chi connectivity index (χ0) is 15.1. The van der Waals surface area contributed by atoms with E-state index in [1.165, 1.54) is 23.2 Å². The van der Waals surface area contributed by atoms with E-state index in [9.17, 15) is 0 Å². The molecule has 0 spiro atoms. The van der Waals surface area contributed by atoms with Crippen molar-refractivity contribution in [3.8, 4) is 0 Å². The van der Waals surface area contributed by atoms with Gasteiger partial charge < -0.3 is 10.2 Å². The number of aryl methyl sites for hydroxylation is 1. The summed E-state index contributed by atoms with van der Waals surface area (Å²) in [7, 11) is 0. The predicted molar refractivity (Wildman–Crippen MR) is 90.5 cm³/mol. The van der Waals surface area contributed by atoms with Gasteiger partial charge in [-0.15, -0.1) is 0 Å². The monoisotopic (exact) mass is 276 g/mol. The van der Waals surface area contributed by atoms with Gasteiger partial charge in [-0.2, -0.15) is 0 Å². The van der Waals surface area contributed by atoms with Gasteiger partial charge in [0.25, 0.3) is 0 Å². The van der Waals surface area contributed by atoms with E-state index in [4.69, 9.17) is 0 Å². The van der Waals surface area contributed by atoms with Crippen LogP contribution in [0.2, 0.25) is 0 Å². The van der Waals surface area contributed by atoms with Gasteiger partial charge in [-0.25, -0.2) is 0 Å². The Morgan fingerprint density at radius 1 is 1.15 bits per heavy atom. The van der Waals surface area contributed by atoms with Gasteiger partial charge in [0.2, 0.25) is 0 Å². The molecule has 0 saturated heterocycles. The molecule has 0 saturated carbocycles. The van der Waals surface area contributed by atoms with E-state index in [2.05, 4.69) is 70.0 Å². The summed E-state index contributed by atoms with van der Waals surface area (Å²) in [6, 6.07) is 7.43. The molecule has 0 aliphatic carbocycles. The molecule has 1 aromatic rings. The molecule has 1 N–H and O–H groups in total. The number of nitrogens with one attached hydrogen (secondary N) is 1. The van der Waals surface area contributed by atoms with Crippen molar-refractivity contribution in [2.75, 3.05) is 18.0 Å². The van der Waals surface area contributed by atoms with Crippen molar-refractivity contribution < 1.29 is 0 Å². The van der Waals surface area contributed by atoms with Crippen LogP contribution in [0, 0.1) is 12.8 Å². The van der Waals surface area contributed by atoms with Gasteiger partial charge in [0.1, 0.15) is 0 Å². The van der Waals surface area contributed by atoms with E-state index in [-0.39, 0.29) is 0 Å². The molecule has 0 radical (unpaired) electrons. The highest BCUT2D eigenvalue weighted by Crippen LogP contribution is 2.23. The van der Waals surface area contributed by atoms with Crippen molar-refractivity contribution in [3.05, 3.63) is 29.3 Å². The van der Waals surface area contributed by atoms with E-state index in [1.807, 2.05) is 0 Å². The van der Waals surface area contributed by atoms with Crippen molar-refractivity contribution in [2.24, 2.45) is 5.92 Å². The summed E-state index contributed by atoms with van der Waals surface area (Å²) >= 11 is 0. The minimum absolute atomic E-state index is 0.554. The minimum Gasteiger partial charge on any atom is -0.369 e. The zero-order valence-corrected chi connectivity index (χ0v) is 14.2. The smallest absolute Gasteiger partial charge is 0.0398 e. The van der Waals surface area contributed by atoms with Crippen LogP contribution in [0.5, 0.6) is 0 Å². The topological polar surface area (TPSA) is 15.3 Å². The Kier molecular flexibility index (Phi) is 7.08. The van der Waals surface area contributed by atoms with Gasteiger partial charge in [0, 0.05) is 24.8 Å². The lowest BCUT2D eigenvalue weighted by molar-refractivity contribution is 0.552. The minimum atomic E-state index is 0.554. The predicted octanol–water partition coefficient (Wildman–Crippen LogP) is 4.37. The van der Waals surface area contributed by atoms with Crippen molar-refractivity contribution >= 4 is 5.69 Å². The fourth-order valence-corrected chi connectivity index (χ4v) is 2.55. The van der Waals surface area contributed by atoms with Crippen molar-refractivity contribution in [3.63, 3.8) is 0 Å². The van der Waals surface area contributed by atoms with E-state index in [0.717, 1.165) is 19.6 Å². The normalized spacial score (nSPS) is 11.4. The molecule has 0 atom stereocenters. The van der Waals surface area contributed by atoms with Crippen LogP contribution in [-0.2, 0) is 6.54 Å². The first-order valence-electron chi connectivity index (χ1n) is 8.02. The number of hydrogen-bond donors (Lipinski definition) is 1. The first-order valence-corrected chi connectivity index (χ1v) is 8.02. The fourth-order valence-electron chi connectivity index (χ4n) is 2.55. The molecule has 0 aromatic heterocycles. The summed E-state index contributed by atoms with van der Waals surface area (Å²) in [5, 5.41) is 3.51. The summed E-state index contributed by atoms with van der Waals surface area (Å²) in [6.45, 7) is 16.7. The fraction of sp³-hybridized carbons (Fsp3) is 0.667. The molecule has 0 fully saturated rings. The second-order valence-electron chi connectivity index (χ2n) is 6.43.